The molecule has 3 amide bonds. The molecule has 0 N–H and O–H groups in total. The predicted octanol–water partition coefficient (Wildman–Crippen LogP) is 1.82. The van der Waals surface area contributed by atoms with Crippen LogP contribution in [0, 0.1) is 0 Å². The van der Waals surface area contributed by atoms with Crippen molar-refractivity contribution in [2.75, 3.05) is 24.5 Å². The molecule has 1 unspecified atom stereocenters. The molecule has 1 atom stereocenters. The zero-order valence-electron chi connectivity index (χ0n) is 14.9. The maximum Gasteiger partial charge on any atom is 0.327 e. The number of aryl methyl sites for hydroxylation is 1. The third-order valence-electron chi connectivity index (χ3n) is 5.98. The second-order valence-electron chi connectivity index (χ2n) is 7.43. The third-order valence-corrected chi connectivity index (χ3v) is 5.98. The number of nitrogens with zero attached hydrogens (tertiary/aromatic N) is 5. The molecule has 0 bridgehead atoms. The molecule has 1 aromatic rings. The van der Waals surface area contributed by atoms with Crippen LogP contribution in [0.2, 0.25) is 0 Å². The zero-order valence-corrected chi connectivity index (χ0v) is 14.9. The van der Waals surface area contributed by atoms with Crippen LogP contribution in [0.4, 0.5) is 10.6 Å². The van der Waals surface area contributed by atoms with Crippen molar-refractivity contribution in [2.45, 2.75) is 57.5 Å². The Labute approximate surface area is 148 Å². The number of rotatable bonds is 3. The highest BCUT2D eigenvalue weighted by atomic mass is 16.2. The summed E-state index contributed by atoms with van der Waals surface area (Å²) in [6.07, 6.45) is 5.81. The van der Waals surface area contributed by atoms with Crippen molar-refractivity contribution in [1.29, 1.82) is 0 Å². The molecule has 25 heavy (non-hydrogen) atoms. The summed E-state index contributed by atoms with van der Waals surface area (Å²) in [6, 6.07) is 1.95. The van der Waals surface area contributed by atoms with Gasteiger partial charge in [-0.2, -0.15) is 0 Å². The lowest BCUT2D eigenvalue weighted by molar-refractivity contribution is -0.133. The second-order valence-corrected chi connectivity index (χ2v) is 7.43. The minimum Gasteiger partial charge on any atom is -0.356 e. The molecule has 3 aliphatic heterocycles. The summed E-state index contributed by atoms with van der Waals surface area (Å²) in [4.78, 5) is 39.8. The molecule has 7 nitrogen and oxygen atoms in total. The van der Waals surface area contributed by atoms with Gasteiger partial charge < -0.3 is 9.80 Å². The van der Waals surface area contributed by atoms with E-state index in [0.29, 0.717) is 6.54 Å². The summed E-state index contributed by atoms with van der Waals surface area (Å²) in [5.41, 5.74) is 0.433. The van der Waals surface area contributed by atoms with Crippen molar-refractivity contribution in [3.8, 4) is 0 Å². The van der Waals surface area contributed by atoms with Crippen LogP contribution >= 0.6 is 0 Å². The first-order valence-corrected chi connectivity index (χ1v) is 9.25. The Morgan fingerprint density at radius 1 is 1.20 bits per heavy atom. The van der Waals surface area contributed by atoms with Gasteiger partial charge in [-0.15, -0.1) is 0 Å². The van der Waals surface area contributed by atoms with Gasteiger partial charge in [-0.1, -0.05) is 6.92 Å². The zero-order chi connectivity index (χ0) is 17.6. The molecule has 4 heterocycles. The summed E-state index contributed by atoms with van der Waals surface area (Å²) in [7, 11) is 0. The van der Waals surface area contributed by atoms with E-state index in [4.69, 9.17) is 0 Å². The van der Waals surface area contributed by atoms with Crippen molar-refractivity contribution in [2.24, 2.45) is 0 Å². The van der Waals surface area contributed by atoms with Gasteiger partial charge in [0.25, 0.3) is 5.91 Å². The van der Waals surface area contributed by atoms with Gasteiger partial charge in [-0.25, -0.2) is 14.8 Å². The van der Waals surface area contributed by atoms with E-state index in [1.807, 2.05) is 13.0 Å². The number of hydrogen-bond donors (Lipinski definition) is 0. The van der Waals surface area contributed by atoms with Crippen molar-refractivity contribution in [3.63, 3.8) is 0 Å². The number of hydrogen-bond acceptors (Lipinski definition) is 5. The average molecular weight is 343 g/mol. The normalized spacial score (nSPS) is 27.4. The van der Waals surface area contributed by atoms with E-state index in [9.17, 15) is 9.59 Å². The molecule has 0 aromatic carbocycles. The van der Waals surface area contributed by atoms with Crippen molar-refractivity contribution in [3.05, 3.63) is 18.1 Å². The van der Waals surface area contributed by atoms with Crippen LogP contribution in [0.5, 0.6) is 0 Å². The second kappa shape index (κ2) is 5.97. The summed E-state index contributed by atoms with van der Waals surface area (Å²) in [6.45, 7) is 6.31. The van der Waals surface area contributed by atoms with Crippen LogP contribution < -0.4 is 4.90 Å². The predicted molar refractivity (Wildman–Crippen MR) is 93.2 cm³/mol. The van der Waals surface area contributed by atoms with Gasteiger partial charge in [0, 0.05) is 37.4 Å². The lowest BCUT2D eigenvalue weighted by atomic mass is 9.97. The summed E-state index contributed by atoms with van der Waals surface area (Å²) >= 11 is 0. The number of carbonyl (C=O) groups excluding carboxylic acids is 2. The highest BCUT2D eigenvalue weighted by molar-refractivity contribution is 6.07. The van der Waals surface area contributed by atoms with Crippen molar-refractivity contribution >= 4 is 17.8 Å². The number of amides is 3. The Bertz CT molecular complexity index is 700. The highest BCUT2D eigenvalue weighted by Gasteiger charge is 2.58. The summed E-state index contributed by atoms with van der Waals surface area (Å²) in [5, 5.41) is 0. The van der Waals surface area contributed by atoms with Gasteiger partial charge in [0.2, 0.25) is 0 Å². The average Bonchev–Trinajstić information content (AvgIpc) is 3.12. The van der Waals surface area contributed by atoms with Crippen LogP contribution in [-0.2, 0) is 11.2 Å². The molecule has 0 aliphatic carbocycles. The number of imide groups is 1. The molecule has 0 saturated carbocycles. The molecule has 3 fully saturated rings. The molecule has 0 radical (unpaired) electrons. The van der Waals surface area contributed by atoms with Crippen LogP contribution in [0.15, 0.2) is 12.4 Å². The number of anilines is 1. The van der Waals surface area contributed by atoms with Gasteiger partial charge in [-0.05, 0) is 39.0 Å². The monoisotopic (exact) mass is 343 g/mol. The number of piperidine rings is 1. The van der Waals surface area contributed by atoms with E-state index in [0.717, 1.165) is 56.7 Å². The van der Waals surface area contributed by atoms with Gasteiger partial charge in [-0.3, -0.25) is 9.69 Å². The molecule has 3 saturated heterocycles. The first kappa shape index (κ1) is 16.3. The maximum absolute atomic E-state index is 12.9. The Hall–Kier alpha value is -2.18. The molecule has 0 spiro atoms. The highest BCUT2D eigenvalue weighted by Crippen LogP contribution is 2.39. The summed E-state index contributed by atoms with van der Waals surface area (Å²) in [5.74, 6) is 0.945. The first-order chi connectivity index (χ1) is 12.0. The minimum atomic E-state index is -0.600. The SMILES string of the molecule is CCc1cc(N2CCC(N3C(=O)N4CCCC4(C)C3=O)CC2)ncn1. The molecule has 3 aliphatic rings. The molecule has 7 heteroatoms. The van der Waals surface area contributed by atoms with E-state index in [2.05, 4.69) is 21.8 Å². The Morgan fingerprint density at radius 3 is 2.64 bits per heavy atom. The van der Waals surface area contributed by atoms with Crippen molar-refractivity contribution < 1.29 is 9.59 Å². The quantitative estimate of drug-likeness (QED) is 0.783. The standard InChI is InChI=1S/C18H25N5O2/c1-3-13-11-15(20-12-19-13)21-9-5-14(6-10-21)23-16(24)18(2)7-4-8-22(18)17(23)25/h11-12,14H,3-10H2,1-2H3. The van der Waals surface area contributed by atoms with E-state index in [1.54, 1.807) is 16.1 Å². The lowest BCUT2D eigenvalue weighted by Gasteiger charge is -2.36. The topological polar surface area (TPSA) is 69.6 Å². The molecule has 4 rings (SSSR count). The molecular weight excluding hydrogens is 318 g/mol. The smallest absolute Gasteiger partial charge is 0.327 e. The van der Waals surface area contributed by atoms with Crippen LogP contribution in [0.1, 0.15) is 45.2 Å². The third kappa shape index (κ3) is 2.48. The van der Waals surface area contributed by atoms with Crippen molar-refractivity contribution in [1.82, 2.24) is 19.8 Å². The Morgan fingerprint density at radius 2 is 1.96 bits per heavy atom. The van der Waals surface area contributed by atoms with E-state index in [1.165, 1.54) is 0 Å². The van der Waals surface area contributed by atoms with Gasteiger partial charge in [0.15, 0.2) is 0 Å². The number of carbonyl (C=O) groups is 2. The van der Waals surface area contributed by atoms with Gasteiger partial charge >= 0.3 is 6.03 Å². The number of fused-ring (bicyclic) bond motifs is 1. The van der Waals surface area contributed by atoms with Gasteiger partial charge in [0.05, 0.1) is 0 Å². The van der Waals surface area contributed by atoms with Crippen LogP contribution in [-0.4, -0.2) is 62.9 Å². The van der Waals surface area contributed by atoms with E-state index < -0.39 is 5.54 Å². The fourth-order valence-corrected chi connectivity index (χ4v) is 4.40. The number of aromatic nitrogens is 2. The molecular formula is C18H25N5O2. The van der Waals surface area contributed by atoms with E-state index >= 15 is 0 Å². The first-order valence-electron chi connectivity index (χ1n) is 9.25. The Balaban J connectivity index is 1.45. The minimum absolute atomic E-state index is 0.00348. The molecule has 1 aromatic heterocycles. The van der Waals surface area contributed by atoms with Crippen LogP contribution in [0.3, 0.4) is 0 Å². The fraction of sp³-hybridized carbons (Fsp3) is 0.667. The molecule has 134 valence electrons. The maximum atomic E-state index is 12.9. The fourth-order valence-electron chi connectivity index (χ4n) is 4.40. The van der Waals surface area contributed by atoms with Crippen LogP contribution in [0.25, 0.3) is 0 Å². The lowest BCUT2D eigenvalue weighted by Crippen LogP contribution is -2.49. The van der Waals surface area contributed by atoms with E-state index in [-0.39, 0.29) is 18.0 Å². The number of urea groups is 1. The Kier molecular flexibility index (Phi) is 3.89. The van der Waals surface area contributed by atoms with Gasteiger partial charge in [0.1, 0.15) is 17.7 Å². The summed E-state index contributed by atoms with van der Waals surface area (Å²) < 4.78 is 0. The largest absolute Gasteiger partial charge is 0.356 e.